The van der Waals surface area contributed by atoms with Crippen molar-refractivity contribution in [1.82, 2.24) is 14.5 Å². The molecule has 220 valence electrons. The summed E-state index contributed by atoms with van der Waals surface area (Å²) in [5, 5.41) is 2.77. The number of likely N-dealkylation sites (tertiary alicyclic amines) is 1. The van der Waals surface area contributed by atoms with Crippen molar-refractivity contribution >= 4 is 28.8 Å². The summed E-state index contributed by atoms with van der Waals surface area (Å²) in [6.45, 7) is 7.53. The molecule has 1 aliphatic heterocycles. The highest BCUT2D eigenvalue weighted by molar-refractivity contribution is 7.13. The fourth-order valence-corrected chi connectivity index (χ4v) is 6.48. The molecule has 0 unspecified atom stereocenters. The van der Waals surface area contributed by atoms with Crippen molar-refractivity contribution in [3.05, 3.63) is 91.7 Å². The van der Waals surface area contributed by atoms with Crippen molar-refractivity contribution in [1.29, 1.82) is 0 Å². The number of halogens is 3. The van der Waals surface area contributed by atoms with Crippen molar-refractivity contribution in [3.8, 4) is 27.5 Å². The van der Waals surface area contributed by atoms with Crippen LogP contribution >= 0.6 is 22.9 Å². The zero-order chi connectivity index (χ0) is 30.0. The molecule has 0 atom stereocenters. The average molecular weight is 610 g/mol. The number of hydrogen-bond acceptors (Lipinski definition) is 4. The third kappa shape index (κ3) is 6.20. The Morgan fingerprint density at radius 3 is 2.40 bits per heavy atom. The van der Waals surface area contributed by atoms with Crippen LogP contribution in [0, 0.1) is 5.92 Å². The Morgan fingerprint density at radius 2 is 1.76 bits per heavy atom. The summed E-state index contributed by atoms with van der Waals surface area (Å²) in [4.78, 5) is 35.2. The topological polar surface area (TPSA) is 55.2 Å². The molecule has 1 saturated heterocycles. The number of benzene rings is 2. The van der Waals surface area contributed by atoms with Gasteiger partial charge in [0, 0.05) is 40.3 Å². The summed E-state index contributed by atoms with van der Waals surface area (Å²) < 4.78 is 27.9. The highest BCUT2D eigenvalue weighted by Gasteiger charge is 2.28. The Morgan fingerprint density at radius 1 is 1.05 bits per heavy atom. The zero-order valence-corrected chi connectivity index (χ0v) is 25.6. The number of pyridine rings is 1. The van der Waals surface area contributed by atoms with E-state index in [0.717, 1.165) is 24.8 Å². The first-order valence-corrected chi connectivity index (χ1v) is 15.6. The van der Waals surface area contributed by atoms with E-state index in [1.165, 1.54) is 23.5 Å². The van der Waals surface area contributed by atoms with E-state index in [0.29, 0.717) is 69.7 Å². The van der Waals surface area contributed by atoms with Crippen LogP contribution in [0.2, 0.25) is 5.02 Å². The minimum atomic E-state index is -2.55. The lowest BCUT2D eigenvalue weighted by Gasteiger charge is -2.29. The largest absolute Gasteiger partial charge is 0.339 e. The zero-order valence-electron chi connectivity index (χ0n) is 24.0. The van der Waals surface area contributed by atoms with Gasteiger partial charge in [-0.1, -0.05) is 62.7 Å². The number of nitrogens with zero attached hydrogens (tertiary/aromatic N) is 3. The van der Waals surface area contributed by atoms with E-state index >= 15 is 0 Å². The van der Waals surface area contributed by atoms with Crippen molar-refractivity contribution in [2.45, 2.75) is 59.3 Å². The Bertz CT molecular complexity index is 1640. The van der Waals surface area contributed by atoms with Crippen molar-refractivity contribution in [2.75, 3.05) is 13.1 Å². The van der Waals surface area contributed by atoms with E-state index in [1.54, 1.807) is 28.8 Å². The third-order valence-electron chi connectivity index (χ3n) is 7.64. The second kappa shape index (κ2) is 12.9. The van der Waals surface area contributed by atoms with E-state index in [2.05, 4.69) is 13.8 Å². The highest BCUT2D eigenvalue weighted by atomic mass is 35.5. The number of thiazole rings is 1. The first-order valence-electron chi connectivity index (χ1n) is 14.4. The molecule has 2 aromatic carbocycles. The molecule has 42 heavy (non-hydrogen) atoms. The minimum absolute atomic E-state index is 0.0630. The molecule has 0 bridgehead atoms. The summed E-state index contributed by atoms with van der Waals surface area (Å²) >= 11 is 7.76. The Labute approximate surface area is 253 Å². The van der Waals surface area contributed by atoms with Crippen LogP contribution in [0.1, 0.15) is 73.6 Å². The van der Waals surface area contributed by atoms with Gasteiger partial charge in [-0.2, -0.15) is 0 Å². The van der Waals surface area contributed by atoms with Gasteiger partial charge < -0.3 is 4.90 Å². The quantitative estimate of drug-likeness (QED) is 0.201. The summed E-state index contributed by atoms with van der Waals surface area (Å²) in [5.41, 5.74) is 4.02. The molecule has 4 aromatic rings. The van der Waals surface area contributed by atoms with Crippen LogP contribution < -0.4 is 5.56 Å². The number of hydrogen-bond donors (Lipinski definition) is 0. The number of piperidine rings is 1. The van der Waals surface area contributed by atoms with Gasteiger partial charge in [-0.05, 0) is 61.8 Å². The summed E-state index contributed by atoms with van der Waals surface area (Å²) in [7, 11) is 0. The number of aromatic nitrogens is 2. The molecule has 9 heteroatoms. The predicted molar refractivity (Wildman–Crippen MR) is 166 cm³/mol. The minimum Gasteiger partial charge on any atom is -0.339 e. The molecule has 5 nitrogen and oxygen atoms in total. The average Bonchev–Trinajstić information content (AvgIpc) is 3.47. The van der Waals surface area contributed by atoms with Gasteiger partial charge in [0.15, 0.2) is 0 Å². The van der Waals surface area contributed by atoms with Gasteiger partial charge in [0.25, 0.3) is 17.9 Å². The van der Waals surface area contributed by atoms with E-state index < -0.39 is 6.43 Å². The molecule has 0 saturated carbocycles. The Hall–Kier alpha value is -3.36. The molecule has 0 aliphatic carbocycles. The van der Waals surface area contributed by atoms with Crippen LogP contribution in [0.3, 0.4) is 0 Å². The normalized spacial score (nSPS) is 13.8. The molecule has 3 heterocycles. The molecule has 5 rings (SSSR count). The van der Waals surface area contributed by atoms with Crippen LogP contribution in [-0.2, 0) is 12.8 Å². The van der Waals surface area contributed by atoms with Gasteiger partial charge in [0.05, 0.1) is 22.5 Å². The predicted octanol–water partition coefficient (Wildman–Crippen LogP) is 8.61. The highest BCUT2D eigenvalue weighted by Crippen LogP contribution is 2.32. The molecule has 1 aliphatic rings. The molecule has 0 spiro atoms. The van der Waals surface area contributed by atoms with Crippen molar-refractivity contribution in [3.63, 3.8) is 0 Å². The maximum Gasteiger partial charge on any atom is 0.265 e. The Kier molecular flexibility index (Phi) is 9.23. The van der Waals surface area contributed by atoms with Crippen LogP contribution in [0.5, 0.6) is 0 Å². The fourth-order valence-electron chi connectivity index (χ4n) is 5.47. The van der Waals surface area contributed by atoms with Crippen molar-refractivity contribution in [2.24, 2.45) is 5.92 Å². The van der Waals surface area contributed by atoms with Crippen LogP contribution in [-0.4, -0.2) is 33.4 Å². The second-order valence-electron chi connectivity index (χ2n) is 11.1. The second-order valence-corrected chi connectivity index (χ2v) is 12.4. The Balaban J connectivity index is 1.74. The SMILES string of the molecule is CCc1ccc(Cl)cc1-n1c(CC(C)C)c(C(=O)N2CCCCC2)cc(-c2nc(-c3ccc(C(F)F)cc3)cs2)c1=O. The lowest BCUT2D eigenvalue weighted by molar-refractivity contribution is 0.0722. The summed E-state index contributed by atoms with van der Waals surface area (Å²) in [5.74, 6) is 0.0983. The van der Waals surface area contributed by atoms with Gasteiger partial charge in [-0.15, -0.1) is 11.3 Å². The maximum atomic E-state index is 14.4. The molecule has 0 N–H and O–H groups in total. The number of rotatable bonds is 8. The van der Waals surface area contributed by atoms with Gasteiger partial charge >= 0.3 is 0 Å². The lowest BCUT2D eigenvalue weighted by Crippen LogP contribution is -2.38. The van der Waals surface area contributed by atoms with E-state index in [1.807, 2.05) is 29.3 Å². The molecule has 1 amide bonds. The standard InChI is InChI=1S/C33H34ClF2N3O2S/c1-4-21-12-13-24(34)17-28(21)39-29(16-20(2)3)25(32(40)38-14-6-5-7-15-38)18-26(33(39)41)31-37-27(19-42-31)22-8-10-23(11-9-22)30(35)36/h8-13,17-20,30H,4-7,14-16H2,1-3H3. The number of carbonyl (C=O) groups excluding carboxylic acids is 1. The van der Waals surface area contributed by atoms with E-state index in [4.69, 9.17) is 16.6 Å². The molecule has 1 fully saturated rings. The first-order chi connectivity index (χ1) is 20.2. The monoisotopic (exact) mass is 609 g/mol. The lowest BCUT2D eigenvalue weighted by atomic mass is 9.98. The number of amides is 1. The van der Waals surface area contributed by atoms with E-state index in [-0.39, 0.29) is 22.9 Å². The summed E-state index contributed by atoms with van der Waals surface area (Å²) in [6, 6.07) is 13.2. The van der Waals surface area contributed by atoms with Crippen LogP contribution in [0.15, 0.2) is 58.7 Å². The molecule has 2 aromatic heterocycles. The summed E-state index contributed by atoms with van der Waals surface area (Å²) in [6.07, 6.45) is 1.65. The fraction of sp³-hybridized carbons (Fsp3) is 0.364. The third-order valence-corrected chi connectivity index (χ3v) is 8.75. The number of carbonyl (C=O) groups is 1. The van der Waals surface area contributed by atoms with Gasteiger partial charge in [-0.3, -0.25) is 14.2 Å². The number of aryl methyl sites for hydroxylation is 1. The van der Waals surface area contributed by atoms with Crippen LogP contribution in [0.25, 0.3) is 27.5 Å². The van der Waals surface area contributed by atoms with Gasteiger partial charge in [0.2, 0.25) is 0 Å². The smallest absolute Gasteiger partial charge is 0.265 e. The maximum absolute atomic E-state index is 14.4. The molecular formula is C33H34ClF2N3O2S. The first kappa shape index (κ1) is 30.1. The van der Waals surface area contributed by atoms with Gasteiger partial charge in [-0.25, -0.2) is 13.8 Å². The van der Waals surface area contributed by atoms with E-state index in [9.17, 15) is 18.4 Å². The van der Waals surface area contributed by atoms with Crippen LogP contribution in [0.4, 0.5) is 8.78 Å². The number of alkyl halides is 2. The van der Waals surface area contributed by atoms with Crippen molar-refractivity contribution < 1.29 is 13.6 Å². The van der Waals surface area contributed by atoms with Gasteiger partial charge in [0.1, 0.15) is 5.01 Å². The molecule has 0 radical (unpaired) electrons. The molecular weight excluding hydrogens is 576 g/mol.